The number of aromatic nitrogens is 1. The predicted octanol–water partition coefficient (Wildman–Crippen LogP) is 3.11. The molecule has 3 rings (SSSR count). The zero-order valence-corrected chi connectivity index (χ0v) is 14.3. The van der Waals surface area contributed by atoms with Gasteiger partial charge in [-0.25, -0.2) is 0 Å². The van der Waals surface area contributed by atoms with Crippen LogP contribution in [0.4, 0.5) is 5.69 Å². The van der Waals surface area contributed by atoms with Gasteiger partial charge in [0.1, 0.15) is 5.75 Å². The van der Waals surface area contributed by atoms with Crippen molar-refractivity contribution in [1.82, 2.24) is 4.98 Å². The number of rotatable bonds is 4. The normalized spacial score (nSPS) is 15.3. The van der Waals surface area contributed by atoms with Gasteiger partial charge in [-0.05, 0) is 30.5 Å². The van der Waals surface area contributed by atoms with Gasteiger partial charge in [0, 0.05) is 37.0 Å². The van der Waals surface area contributed by atoms with E-state index in [4.69, 9.17) is 22.1 Å². The zero-order valence-electron chi connectivity index (χ0n) is 13.5. The highest BCUT2D eigenvalue weighted by atomic mass is 35.5. The van der Waals surface area contributed by atoms with Crippen LogP contribution in [0.2, 0.25) is 5.02 Å². The number of nitrogens with two attached hydrogens (primary N) is 1. The van der Waals surface area contributed by atoms with Crippen molar-refractivity contribution in [3.05, 3.63) is 41.7 Å². The average Bonchev–Trinajstić information content (AvgIpc) is 2.61. The van der Waals surface area contributed by atoms with Crippen LogP contribution in [0.25, 0.3) is 11.1 Å². The lowest BCUT2D eigenvalue weighted by atomic mass is 9.95. The van der Waals surface area contributed by atoms with Crippen LogP contribution < -0.4 is 15.4 Å². The van der Waals surface area contributed by atoms with Gasteiger partial charge in [-0.2, -0.15) is 0 Å². The Kier molecular flexibility index (Phi) is 4.90. The third kappa shape index (κ3) is 3.31. The molecule has 0 atom stereocenters. The smallest absolute Gasteiger partial charge is 0.220 e. The Morgan fingerprint density at radius 1 is 1.25 bits per heavy atom. The van der Waals surface area contributed by atoms with Crippen LogP contribution in [-0.4, -0.2) is 31.1 Å². The van der Waals surface area contributed by atoms with Crippen molar-refractivity contribution in [2.45, 2.75) is 12.8 Å². The maximum absolute atomic E-state index is 11.4. The minimum atomic E-state index is -0.217. The van der Waals surface area contributed by atoms with E-state index >= 15 is 0 Å². The number of halogens is 1. The van der Waals surface area contributed by atoms with E-state index in [0.717, 1.165) is 48.5 Å². The molecule has 2 heterocycles. The number of carbonyl (C=O) groups excluding carboxylic acids is 1. The number of piperidine rings is 1. The Balaban J connectivity index is 1.92. The summed E-state index contributed by atoms with van der Waals surface area (Å²) in [6.45, 7) is 1.50. The maximum Gasteiger partial charge on any atom is 0.220 e. The largest absolute Gasteiger partial charge is 0.497 e. The summed E-state index contributed by atoms with van der Waals surface area (Å²) >= 11 is 6.45. The summed E-state index contributed by atoms with van der Waals surface area (Å²) in [6.07, 6.45) is 4.97. The van der Waals surface area contributed by atoms with Gasteiger partial charge in [0.15, 0.2) is 0 Å². The number of hydrogen-bond acceptors (Lipinski definition) is 4. The minimum absolute atomic E-state index is 0.0497. The van der Waals surface area contributed by atoms with E-state index in [1.54, 1.807) is 13.3 Å². The van der Waals surface area contributed by atoms with Crippen molar-refractivity contribution in [2.24, 2.45) is 11.7 Å². The lowest BCUT2D eigenvalue weighted by Crippen LogP contribution is -2.38. The number of amides is 1. The fraction of sp³-hybridized carbons (Fsp3) is 0.333. The van der Waals surface area contributed by atoms with Gasteiger partial charge < -0.3 is 15.4 Å². The molecule has 1 amide bonds. The first-order valence-corrected chi connectivity index (χ1v) is 8.30. The third-order valence-electron chi connectivity index (χ3n) is 4.49. The first-order valence-electron chi connectivity index (χ1n) is 7.92. The van der Waals surface area contributed by atoms with Crippen LogP contribution in [0.15, 0.2) is 36.7 Å². The highest BCUT2D eigenvalue weighted by Crippen LogP contribution is 2.38. The molecular weight excluding hydrogens is 326 g/mol. The van der Waals surface area contributed by atoms with E-state index in [-0.39, 0.29) is 11.8 Å². The molecule has 126 valence electrons. The van der Waals surface area contributed by atoms with Gasteiger partial charge in [-0.15, -0.1) is 0 Å². The molecule has 0 spiro atoms. The lowest BCUT2D eigenvalue weighted by molar-refractivity contribution is -0.122. The molecule has 0 radical (unpaired) electrons. The second-order valence-corrected chi connectivity index (χ2v) is 6.32. The number of carbonyl (C=O) groups is 1. The maximum atomic E-state index is 11.4. The number of ether oxygens (including phenoxy) is 1. The summed E-state index contributed by atoms with van der Waals surface area (Å²) in [6, 6.07) is 7.82. The van der Waals surface area contributed by atoms with E-state index in [0.29, 0.717) is 5.02 Å². The number of hydrogen-bond donors (Lipinski definition) is 1. The molecule has 0 unspecified atom stereocenters. The molecule has 1 fully saturated rings. The van der Waals surface area contributed by atoms with Crippen molar-refractivity contribution in [3.63, 3.8) is 0 Å². The van der Waals surface area contributed by atoms with Crippen molar-refractivity contribution >= 4 is 23.2 Å². The number of methoxy groups -OCH3 is 1. The van der Waals surface area contributed by atoms with E-state index in [1.807, 2.05) is 30.5 Å². The summed E-state index contributed by atoms with van der Waals surface area (Å²) in [4.78, 5) is 17.8. The summed E-state index contributed by atoms with van der Waals surface area (Å²) in [5, 5.41) is 0.612. The number of primary amides is 1. The summed E-state index contributed by atoms with van der Waals surface area (Å²) in [7, 11) is 1.64. The zero-order chi connectivity index (χ0) is 17.1. The lowest BCUT2D eigenvalue weighted by Gasteiger charge is -2.34. The molecule has 24 heavy (non-hydrogen) atoms. The fourth-order valence-corrected chi connectivity index (χ4v) is 3.40. The summed E-state index contributed by atoms with van der Waals surface area (Å²) in [5.74, 6) is 0.537. The average molecular weight is 346 g/mol. The number of pyridine rings is 1. The monoisotopic (exact) mass is 345 g/mol. The van der Waals surface area contributed by atoms with Crippen LogP contribution in [0.1, 0.15) is 12.8 Å². The van der Waals surface area contributed by atoms with Crippen LogP contribution in [0, 0.1) is 5.92 Å². The molecular formula is C18H20ClN3O2. The Hall–Kier alpha value is -2.27. The van der Waals surface area contributed by atoms with E-state index in [1.165, 1.54) is 0 Å². The SMILES string of the molecule is COc1ccc(-c2cncc(Cl)c2N2CCC(C(N)=O)CC2)cc1. The van der Waals surface area contributed by atoms with Crippen LogP contribution in [0.3, 0.4) is 0 Å². The van der Waals surface area contributed by atoms with Gasteiger partial charge in [0.2, 0.25) is 5.91 Å². The molecule has 1 aliphatic heterocycles. The molecule has 5 nitrogen and oxygen atoms in total. The highest BCUT2D eigenvalue weighted by molar-refractivity contribution is 6.33. The van der Waals surface area contributed by atoms with E-state index in [9.17, 15) is 4.79 Å². The third-order valence-corrected chi connectivity index (χ3v) is 4.76. The Bertz CT molecular complexity index is 726. The van der Waals surface area contributed by atoms with Crippen molar-refractivity contribution in [3.8, 4) is 16.9 Å². The molecule has 0 aliphatic carbocycles. The first-order chi connectivity index (χ1) is 11.6. The summed E-state index contributed by atoms with van der Waals surface area (Å²) in [5.41, 5.74) is 8.38. The number of anilines is 1. The second-order valence-electron chi connectivity index (χ2n) is 5.91. The number of benzene rings is 1. The van der Waals surface area contributed by atoms with Gasteiger partial charge in [0.05, 0.1) is 17.8 Å². The van der Waals surface area contributed by atoms with Crippen molar-refractivity contribution in [2.75, 3.05) is 25.1 Å². The standard InChI is InChI=1S/C18H20ClN3O2/c1-24-14-4-2-12(3-5-14)15-10-21-11-16(19)17(15)22-8-6-13(7-9-22)18(20)23/h2-5,10-11,13H,6-9H2,1H3,(H2,20,23). The molecule has 6 heteroatoms. The molecule has 2 N–H and O–H groups in total. The van der Waals surface area contributed by atoms with Crippen molar-refractivity contribution in [1.29, 1.82) is 0 Å². The summed E-state index contributed by atoms with van der Waals surface area (Å²) < 4.78 is 5.21. The van der Waals surface area contributed by atoms with Crippen LogP contribution >= 0.6 is 11.6 Å². The Morgan fingerprint density at radius 3 is 2.50 bits per heavy atom. The van der Waals surface area contributed by atoms with E-state index < -0.39 is 0 Å². The molecule has 1 saturated heterocycles. The Morgan fingerprint density at radius 2 is 1.92 bits per heavy atom. The van der Waals surface area contributed by atoms with Crippen LogP contribution in [0.5, 0.6) is 5.75 Å². The number of nitrogens with zero attached hydrogens (tertiary/aromatic N) is 2. The molecule has 0 saturated carbocycles. The topological polar surface area (TPSA) is 68.4 Å². The van der Waals surface area contributed by atoms with Gasteiger partial charge in [0.25, 0.3) is 0 Å². The molecule has 1 aromatic heterocycles. The van der Waals surface area contributed by atoms with Crippen molar-refractivity contribution < 1.29 is 9.53 Å². The predicted molar refractivity (Wildman–Crippen MR) is 95.4 cm³/mol. The van der Waals surface area contributed by atoms with Gasteiger partial charge in [-0.3, -0.25) is 9.78 Å². The molecule has 2 aromatic rings. The fourth-order valence-electron chi connectivity index (χ4n) is 3.12. The minimum Gasteiger partial charge on any atom is -0.497 e. The quantitative estimate of drug-likeness (QED) is 0.924. The second kappa shape index (κ2) is 7.09. The van der Waals surface area contributed by atoms with Crippen LogP contribution in [-0.2, 0) is 4.79 Å². The Labute approximate surface area is 146 Å². The molecule has 0 bridgehead atoms. The van der Waals surface area contributed by atoms with Gasteiger partial charge >= 0.3 is 0 Å². The molecule has 1 aromatic carbocycles. The molecule has 1 aliphatic rings. The first kappa shape index (κ1) is 16.6. The van der Waals surface area contributed by atoms with Gasteiger partial charge in [-0.1, -0.05) is 23.7 Å². The highest BCUT2D eigenvalue weighted by Gasteiger charge is 2.26. The van der Waals surface area contributed by atoms with E-state index in [2.05, 4.69) is 9.88 Å².